The van der Waals surface area contributed by atoms with Crippen LogP contribution in [0.25, 0.3) is 0 Å². The van der Waals surface area contributed by atoms with Gasteiger partial charge in [-0.25, -0.2) is 4.79 Å². The van der Waals surface area contributed by atoms with Gasteiger partial charge in [-0.2, -0.15) is 0 Å². The number of hydrogen-bond acceptors (Lipinski definition) is 3. The Morgan fingerprint density at radius 3 is 2.35 bits per heavy atom. The van der Waals surface area contributed by atoms with Crippen molar-refractivity contribution in [2.75, 3.05) is 26.2 Å². The third-order valence-corrected chi connectivity index (χ3v) is 3.68. The van der Waals surface area contributed by atoms with Gasteiger partial charge in [0.25, 0.3) is 0 Å². The van der Waals surface area contributed by atoms with E-state index in [9.17, 15) is 14.7 Å². The normalized spacial score (nSPS) is 26.8. The molecule has 0 aromatic rings. The molecule has 96 valence electrons. The molecule has 2 atom stereocenters. The second-order valence-electron chi connectivity index (χ2n) is 4.96. The van der Waals surface area contributed by atoms with Gasteiger partial charge in [0.2, 0.25) is 0 Å². The first-order valence-electron chi connectivity index (χ1n) is 5.93. The zero-order valence-corrected chi connectivity index (χ0v) is 9.87. The zero-order chi connectivity index (χ0) is 12.6. The number of likely N-dealkylation sites (tertiary alicyclic amines) is 2. The van der Waals surface area contributed by atoms with Gasteiger partial charge in [0.05, 0.1) is 12.0 Å². The predicted molar refractivity (Wildman–Crippen MR) is 59.5 cm³/mol. The molecular weight excluding hydrogens is 224 g/mol. The molecule has 0 saturated carbocycles. The van der Waals surface area contributed by atoms with Crippen LogP contribution in [-0.4, -0.2) is 64.3 Å². The summed E-state index contributed by atoms with van der Waals surface area (Å²) >= 11 is 0. The molecule has 0 spiro atoms. The highest BCUT2D eigenvalue weighted by Gasteiger charge is 2.39. The van der Waals surface area contributed by atoms with E-state index < -0.39 is 18.0 Å². The number of urea groups is 1. The van der Waals surface area contributed by atoms with E-state index in [1.807, 2.05) is 0 Å². The van der Waals surface area contributed by atoms with Gasteiger partial charge in [0.1, 0.15) is 0 Å². The van der Waals surface area contributed by atoms with E-state index in [-0.39, 0.29) is 11.9 Å². The van der Waals surface area contributed by atoms with Gasteiger partial charge in [-0.1, -0.05) is 0 Å². The molecule has 2 N–H and O–H groups in total. The molecular formula is C11H18N2O4. The van der Waals surface area contributed by atoms with Crippen molar-refractivity contribution in [3.8, 4) is 0 Å². The predicted octanol–water partition coefficient (Wildman–Crippen LogP) is -0.175. The van der Waals surface area contributed by atoms with E-state index in [0.29, 0.717) is 26.2 Å². The number of carbonyl (C=O) groups is 2. The van der Waals surface area contributed by atoms with E-state index in [0.717, 1.165) is 6.42 Å². The maximum Gasteiger partial charge on any atom is 0.320 e. The second kappa shape index (κ2) is 4.52. The molecule has 6 nitrogen and oxygen atoms in total. The Hall–Kier alpha value is -1.30. The summed E-state index contributed by atoms with van der Waals surface area (Å²) in [5.74, 6) is -1.10. The zero-order valence-electron chi connectivity index (χ0n) is 9.87. The van der Waals surface area contributed by atoms with E-state index in [1.165, 1.54) is 0 Å². The number of aliphatic carboxylic acids is 1. The van der Waals surface area contributed by atoms with Crippen LogP contribution in [0, 0.1) is 11.8 Å². The maximum atomic E-state index is 11.9. The monoisotopic (exact) mass is 242 g/mol. The van der Waals surface area contributed by atoms with Crippen molar-refractivity contribution < 1.29 is 19.8 Å². The summed E-state index contributed by atoms with van der Waals surface area (Å²) in [5, 5.41) is 18.2. The molecule has 17 heavy (non-hydrogen) atoms. The molecule has 2 aliphatic rings. The number of hydrogen-bond donors (Lipinski definition) is 2. The molecule has 0 aliphatic carbocycles. The third-order valence-electron chi connectivity index (χ3n) is 3.68. The van der Waals surface area contributed by atoms with Crippen molar-refractivity contribution in [2.24, 2.45) is 11.8 Å². The molecule has 0 aromatic carbocycles. The number of aliphatic hydroxyl groups is 1. The van der Waals surface area contributed by atoms with Crippen molar-refractivity contribution >= 4 is 12.0 Å². The van der Waals surface area contributed by atoms with Gasteiger partial charge in [-0.15, -0.1) is 0 Å². The maximum absolute atomic E-state index is 11.9. The lowest BCUT2D eigenvalue weighted by Gasteiger charge is -2.39. The molecule has 2 amide bonds. The fourth-order valence-electron chi connectivity index (χ4n) is 2.35. The Bertz CT molecular complexity index is 325. The highest BCUT2D eigenvalue weighted by molar-refractivity contribution is 5.80. The third kappa shape index (κ3) is 2.36. The minimum atomic E-state index is -0.836. The molecule has 2 unspecified atom stereocenters. The lowest BCUT2D eigenvalue weighted by Crippen LogP contribution is -2.56. The number of carboxylic acid groups (broad SMARTS) is 1. The van der Waals surface area contributed by atoms with Crippen molar-refractivity contribution in [3.05, 3.63) is 0 Å². The molecule has 0 radical (unpaired) electrons. The van der Waals surface area contributed by atoms with Crippen molar-refractivity contribution in [1.82, 2.24) is 9.80 Å². The van der Waals surface area contributed by atoms with Crippen molar-refractivity contribution in [3.63, 3.8) is 0 Å². The van der Waals surface area contributed by atoms with Gasteiger partial charge in [-0.3, -0.25) is 4.79 Å². The molecule has 2 fully saturated rings. The molecule has 0 bridgehead atoms. The summed E-state index contributed by atoms with van der Waals surface area (Å²) in [6.07, 6.45) is 0.426. The lowest BCUT2D eigenvalue weighted by atomic mass is 10.0. The second-order valence-corrected chi connectivity index (χ2v) is 4.96. The quantitative estimate of drug-likeness (QED) is 0.704. The minimum absolute atomic E-state index is 0.0920. The van der Waals surface area contributed by atoms with Crippen molar-refractivity contribution in [1.29, 1.82) is 0 Å². The lowest BCUT2D eigenvalue weighted by molar-refractivity contribution is -0.146. The number of amides is 2. The number of aliphatic hydroxyl groups excluding tert-OH is 1. The van der Waals surface area contributed by atoms with Crippen LogP contribution in [0.3, 0.4) is 0 Å². The molecule has 2 saturated heterocycles. The van der Waals surface area contributed by atoms with Crippen LogP contribution in [0.5, 0.6) is 0 Å². The Labute approximate surface area is 99.8 Å². The van der Waals surface area contributed by atoms with Gasteiger partial charge in [-0.05, 0) is 13.3 Å². The smallest absolute Gasteiger partial charge is 0.320 e. The molecule has 6 heteroatoms. The summed E-state index contributed by atoms with van der Waals surface area (Å²) in [6, 6.07) is -0.0920. The average molecular weight is 242 g/mol. The summed E-state index contributed by atoms with van der Waals surface area (Å²) < 4.78 is 0. The first-order chi connectivity index (χ1) is 7.99. The summed E-state index contributed by atoms with van der Waals surface area (Å²) in [6.45, 7) is 3.59. The highest BCUT2D eigenvalue weighted by Crippen LogP contribution is 2.24. The number of carbonyl (C=O) groups excluding carboxylic acids is 1. The Kier molecular flexibility index (Phi) is 3.24. The van der Waals surface area contributed by atoms with E-state index >= 15 is 0 Å². The molecule has 2 heterocycles. The van der Waals surface area contributed by atoms with Crippen LogP contribution in [0.2, 0.25) is 0 Å². The Morgan fingerprint density at radius 1 is 1.24 bits per heavy atom. The first kappa shape index (κ1) is 12.2. The molecule has 2 aliphatic heterocycles. The van der Waals surface area contributed by atoms with Crippen LogP contribution in [0.4, 0.5) is 4.79 Å². The summed E-state index contributed by atoms with van der Waals surface area (Å²) in [7, 11) is 0. The number of nitrogens with zero attached hydrogens (tertiary/aromatic N) is 2. The highest BCUT2D eigenvalue weighted by atomic mass is 16.4. The SMILES string of the molecule is CC(O)C1CCN(C(=O)N2CC(C(=O)O)C2)C1. The minimum Gasteiger partial charge on any atom is -0.481 e. The Balaban J connectivity index is 1.81. The number of rotatable bonds is 2. The van der Waals surface area contributed by atoms with Crippen LogP contribution in [0.1, 0.15) is 13.3 Å². The van der Waals surface area contributed by atoms with Gasteiger partial charge < -0.3 is 20.0 Å². The summed E-state index contributed by atoms with van der Waals surface area (Å²) in [4.78, 5) is 25.8. The molecule has 0 aromatic heterocycles. The van der Waals surface area contributed by atoms with Gasteiger partial charge >= 0.3 is 12.0 Å². The largest absolute Gasteiger partial charge is 0.481 e. The van der Waals surface area contributed by atoms with Crippen LogP contribution < -0.4 is 0 Å². The van der Waals surface area contributed by atoms with Crippen LogP contribution in [-0.2, 0) is 4.79 Å². The van der Waals surface area contributed by atoms with E-state index in [4.69, 9.17) is 5.11 Å². The fraction of sp³-hybridized carbons (Fsp3) is 0.818. The van der Waals surface area contributed by atoms with E-state index in [1.54, 1.807) is 16.7 Å². The van der Waals surface area contributed by atoms with Gasteiger partial charge in [0.15, 0.2) is 0 Å². The molecule has 2 rings (SSSR count). The van der Waals surface area contributed by atoms with Crippen molar-refractivity contribution in [2.45, 2.75) is 19.4 Å². The number of carboxylic acids is 1. The van der Waals surface area contributed by atoms with E-state index in [2.05, 4.69) is 0 Å². The average Bonchev–Trinajstić information content (AvgIpc) is 2.62. The first-order valence-corrected chi connectivity index (χ1v) is 5.93. The van der Waals surface area contributed by atoms with Crippen LogP contribution in [0.15, 0.2) is 0 Å². The van der Waals surface area contributed by atoms with Crippen LogP contribution >= 0.6 is 0 Å². The Morgan fingerprint density at radius 2 is 1.88 bits per heavy atom. The fourth-order valence-corrected chi connectivity index (χ4v) is 2.35. The van der Waals surface area contributed by atoms with Gasteiger partial charge in [0, 0.05) is 32.1 Å². The summed E-state index contributed by atoms with van der Waals surface area (Å²) in [5.41, 5.74) is 0. The topological polar surface area (TPSA) is 81.1 Å². The standard InChI is InChI=1S/C11H18N2O4/c1-7(14)8-2-3-12(4-8)11(17)13-5-9(6-13)10(15)16/h7-9,14H,2-6H2,1H3,(H,15,16).